The molecule has 1 atom stereocenters. The molecule has 0 radical (unpaired) electrons. The van der Waals surface area contributed by atoms with Crippen molar-refractivity contribution in [3.05, 3.63) is 47.5 Å². The Kier molecular flexibility index (Phi) is 7.21. The summed E-state index contributed by atoms with van der Waals surface area (Å²) in [4.78, 5) is 4.30. The molecule has 3 rings (SSSR count). The number of aliphatic imine (C=N–C) groups is 1. The fraction of sp³-hybridized carbons (Fsp3) is 0.550. The van der Waals surface area contributed by atoms with Gasteiger partial charge in [0.1, 0.15) is 5.82 Å². The molecular weight excluding hydrogens is 340 g/mol. The molecule has 1 aliphatic heterocycles. The molecule has 0 amide bonds. The smallest absolute Gasteiger partial charge is 0.191 e. The van der Waals surface area contributed by atoms with Crippen molar-refractivity contribution in [2.24, 2.45) is 10.9 Å². The fourth-order valence-corrected chi connectivity index (χ4v) is 3.16. The maximum atomic E-state index is 5.81. The van der Waals surface area contributed by atoms with E-state index in [4.69, 9.17) is 4.74 Å². The maximum Gasteiger partial charge on any atom is 0.191 e. The molecule has 1 aromatic carbocycles. The molecule has 0 saturated heterocycles. The number of guanidine groups is 1. The molecule has 27 heavy (non-hydrogen) atoms. The molecule has 7 nitrogen and oxygen atoms in total. The second-order valence-corrected chi connectivity index (χ2v) is 7.05. The molecule has 0 spiro atoms. The van der Waals surface area contributed by atoms with Gasteiger partial charge in [-0.15, -0.1) is 10.2 Å². The first-order valence-corrected chi connectivity index (χ1v) is 9.73. The van der Waals surface area contributed by atoms with Crippen LogP contribution in [0.1, 0.15) is 37.0 Å². The van der Waals surface area contributed by atoms with E-state index in [1.54, 1.807) is 7.05 Å². The van der Waals surface area contributed by atoms with E-state index in [1.807, 2.05) is 18.2 Å². The van der Waals surface area contributed by atoms with E-state index < -0.39 is 0 Å². The number of benzene rings is 1. The molecule has 2 N–H and O–H groups in total. The zero-order valence-corrected chi connectivity index (χ0v) is 16.3. The van der Waals surface area contributed by atoms with Gasteiger partial charge in [-0.05, 0) is 24.3 Å². The monoisotopic (exact) mass is 370 g/mol. The van der Waals surface area contributed by atoms with E-state index >= 15 is 0 Å². The van der Waals surface area contributed by atoms with Crippen LogP contribution in [0, 0.1) is 5.92 Å². The van der Waals surface area contributed by atoms with Gasteiger partial charge in [0, 0.05) is 26.6 Å². The summed E-state index contributed by atoms with van der Waals surface area (Å²) >= 11 is 0. The van der Waals surface area contributed by atoms with Crippen LogP contribution in [0.2, 0.25) is 0 Å². The lowest BCUT2D eigenvalue weighted by molar-refractivity contribution is 0.0931. The molecule has 1 aromatic heterocycles. The number of hydrogen-bond acceptors (Lipinski definition) is 4. The van der Waals surface area contributed by atoms with Gasteiger partial charge in [-0.1, -0.05) is 37.3 Å². The van der Waals surface area contributed by atoms with Crippen molar-refractivity contribution >= 4 is 5.96 Å². The molecule has 0 aliphatic carbocycles. The normalized spacial score (nSPS) is 15.3. The highest BCUT2D eigenvalue weighted by Gasteiger charge is 2.15. The molecule has 2 aromatic rings. The van der Waals surface area contributed by atoms with Crippen LogP contribution in [0.3, 0.4) is 0 Å². The maximum absolute atomic E-state index is 5.81. The number of aryl methyl sites for hydroxylation is 1. The first kappa shape index (κ1) is 19.4. The van der Waals surface area contributed by atoms with Crippen LogP contribution in [0.25, 0.3) is 0 Å². The Hall–Kier alpha value is -2.41. The van der Waals surface area contributed by atoms with E-state index in [2.05, 4.69) is 49.4 Å². The second kappa shape index (κ2) is 10.1. The third-order valence-corrected chi connectivity index (χ3v) is 4.71. The number of fused-ring (bicyclic) bond motifs is 1. The highest BCUT2D eigenvalue weighted by Crippen LogP contribution is 2.13. The summed E-state index contributed by atoms with van der Waals surface area (Å²) in [6.07, 6.45) is 3.44. The average molecular weight is 371 g/mol. The molecular formula is C20H30N6O. The minimum Gasteiger partial charge on any atom is -0.376 e. The quantitative estimate of drug-likeness (QED) is 0.550. The number of nitrogens with zero attached hydrogens (tertiary/aromatic N) is 4. The van der Waals surface area contributed by atoms with Crippen LogP contribution in [0.5, 0.6) is 0 Å². The summed E-state index contributed by atoms with van der Waals surface area (Å²) < 4.78 is 8.03. The Morgan fingerprint density at radius 1 is 1.22 bits per heavy atom. The summed E-state index contributed by atoms with van der Waals surface area (Å²) in [5.74, 6) is 3.24. The van der Waals surface area contributed by atoms with E-state index in [0.717, 1.165) is 37.1 Å². The fourth-order valence-electron chi connectivity index (χ4n) is 3.16. The Bertz CT molecular complexity index is 727. The van der Waals surface area contributed by atoms with E-state index in [-0.39, 0.29) is 0 Å². The van der Waals surface area contributed by atoms with Crippen molar-refractivity contribution in [3.63, 3.8) is 0 Å². The van der Waals surface area contributed by atoms with Gasteiger partial charge in [0.2, 0.25) is 0 Å². The molecule has 7 heteroatoms. The second-order valence-electron chi connectivity index (χ2n) is 7.05. The van der Waals surface area contributed by atoms with Crippen molar-refractivity contribution < 1.29 is 4.74 Å². The van der Waals surface area contributed by atoms with Crippen molar-refractivity contribution in [3.8, 4) is 0 Å². The zero-order chi connectivity index (χ0) is 18.9. The average Bonchev–Trinajstić information content (AvgIpc) is 3.12. The van der Waals surface area contributed by atoms with Crippen LogP contribution < -0.4 is 10.6 Å². The number of nitrogens with one attached hydrogen (secondary N) is 2. The van der Waals surface area contributed by atoms with Gasteiger partial charge >= 0.3 is 0 Å². The number of rotatable bonds is 8. The molecule has 146 valence electrons. The summed E-state index contributed by atoms with van der Waals surface area (Å²) in [5, 5.41) is 15.3. The molecule has 0 saturated carbocycles. The Morgan fingerprint density at radius 2 is 2.07 bits per heavy atom. The van der Waals surface area contributed by atoms with Gasteiger partial charge in [0.15, 0.2) is 11.8 Å². The molecule has 2 heterocycles. The Balaban J connectivity index is 1.37. The summed E-state index contributed by atoms with van der Waals surface area (Å²) in [6, 6.07) is 10.2. The lowest BCUT2D eigenvalue weighted by Gasteiger charge is -2.17. The number of ether oxygens (including phenoxy) is 1. The first-order chi connectivity index (χ1) is 13.3. The molecule has 0 fully saturated rings. The van der Waals surface area contributed by atoms with Crippen molar-refractivity contribution in [1.29, 1.82) is 0 Å². The van der Waals surface area contributed by atoms with Gasteiger partial charge in [0.05, 0.1) is 19.8 Å². The van der Waals surface area contributed by atoms with Crippen LogP contribution in [0.15, 0.2) is 35.3 Å². The summed E-state index contributed by atoms with van der Waals surface area (Å²) in [6.45, 7) is 5.96. The molecule has 1 unspecified atom stereocenters. The summed E-state index contributed by atoms with van der Waals surface area (Å²) in [7, 11) is 1.78. The summed E-state index contributed by atoms with van der Waals surface area (Å²) in [5.41, 5.74) is 1.20. The molecule has 1 aliphatic rings. The predicted molar refractivity (Wildman–Crippen MR) is 106 cm³/mol. The minimum atomic E-state index is 0.383. The first-order valence-electron chi connectivity index (χ1n) is 9.73. The van der Waals surface area contributed by atoms with Gasteiger partial charge in [-0.2, -0.15) is 0 Å². The van der Waals surface area contributed by atoms with Crippen LogP contribution in [-0.4, -0.2) is 40.9 Å². The SMILES string of the molecule is CN=C(NCc1nnc2n1CCCC2)NCC(C)COCc1ccccc1. The zero-order valence-electron chi connectivity index (χ0n) is 16.3. The van der Waals surface area contributed by atoms with Crippen molar-refractivity contribution in [2.75, 3.05) is 20.2 Å². The third-order valence-electron chi connectivity index (χ3n) is 4.71. The van der Waals surface area contributed by atoms with Gasteiger partial charge in [-0.3, -0.25) is 4.99 Å². The standard InChI is InChI=1S/C20H30N6O/c1-16(14-27-15-17-8-4-3-5-9-17)12-22-20(21-2)23-13-19-25-24-18-10-6-7-11-26(18)19/h3-5,8-9,16H,6-7,10-15H2,1-2H3,(H2,21,22,23). The van der Waals surface area contributed by atoms with Gasteiger partial charge in [0.25, 0.3) is 0 Å². The van der Waals surface area contributed by atoms with Crippen LogP contribution in [0.4, 0.5) is 0 Å². The predicted octanol–water partition coefficient (Wildman–Crippen LogP) is 2.13. The molecule has 0 bridgehead atoms. The number of hydrogen-bond donors (Lipinski definition) is 2. The van der Waals surface area contributed by atoms with Crippen LogP contribution in [-0.2, 0) is 30.9 Å². The lowest BCUT2D eigenvalue weighted by Crippen LogP contribution is -2.40. The number of aromatic nitrogens is 3. The van der Waals surface area contributed by atoms with Gasteiger partial charge in [-0.25, -0.2) is 0 Å². The van der Waals surface area contributed by atoms with E-state index in [9.17, 15) is 0 Å². The Morgan fingerprint density at radius 3 is 2.89 bits per heavy atom. The van der Waals surface area contributed by atoms with Crippen molar-refractivity contribution in [2.45, 2.75) is 45.9 Å². The lowest BCUT2D eigenvalue weighted by atomic mass is 10.2. The van der Waals surface area contributed by atoms with Crippen LogP contribution >= 0.6 is 0 Å². The van der Waals surface area contributed by atoms with Gasteiger partial charge < -0.3 is 19.9 Å². The van der Waals surface area contributed by atoms with Crippen molar-refractivity contribution in [1.82, 2.24) is 25.4 Å². The largest absolute Gasteiger partial charge is 0.376 e. The Labute approximate surface area is 161 Å². The van der Waals surface area contributed by atoms with E-state index in [1.165, 1.54) is 18.4 Å². The highest BCUT2D eigenvalue weighted by molar-refractivity contribution is 5.79. The minimum absolute atomic E-state index is 0.383. The third kappa shape index (κ3) is 5.79. The van der Waals surface area contributed by atoms with E-state index in [0.29, 0.717) is 25.7 Å². The topological polar surface area (TPSA) is 76.4 Å². The highest BCUT2D eigenvalue weighted by atomic mass is 16.5.